The van der Waals surface area contributed by atoms with E-state index < -0.39 is 10.0 Å². The Balaban J connectivity index is 2.66. The zero-order chi connectivity index (χ0) is 15.9. The molecule has 0 bridgehead atoms. The van der Waals surface area contributed by atoms with Gasteiger partial charge < -0.3 is 10.2 Å². The molecule has 0 saturated heterocycles. The van der Waals surface area contributed by atoms with Crippen molar-refractivity contribution in [2.24, 2.45) is 0 Å². The number of hydrogen-bond donors (Lipinski definition) is 2. The highest BCUT2D eigenvalue weighted by Crippen LogP contribution is 2.09. The summed E-state index contributed by atoms with van der Waals surface area (Å²) >= 11 is 0. The Kier molecular flexibility index (Phi) is 7.31. The maximum atomic E-state index is 12.2. The van der Waals surface area contributed by atoms with Crippen molar-refractivity contribution in [3.05, 3.63) is 35.4 Å². The van der Waals surface area contributed by atoms with Crippen LogP contribution >= 0.6 is 0 Å². The predicted octanol–water partition coefficient (Wildman–Crippen LogP) is 1.17. The minimum Gasteiger partial charge on any atom is -0.313 e. The highest BCUT2D eigenvalue weighted by molar-refractivity contribution is 7.88. The molecule has 5 nitrogen and oxygen atoms in total. The van der Waals surface area contributed by atoms with Gasteiger partial charge in [-0.1, -0.05) is 31.2 Å². The van der Waals surface area contributed by atoms with Gasteiger partial charge in [0.1, 0.15) is 0 Å². The van der Waals surface area contributed by atoms with Crippen LogP contribution < -0.4 is 10.0 Å². The van der Waals surface area contributed by atoms with Crippen molar-refractivity contribution < 1.29 is 8.42 Å². The summed E-state index contributed by atoms with van der Waals surface area (Å²) in [5.74, 6) is 0.0186. The van der Waals surface area contributed by atoms with E-state index >= 15 is 0 Å². The van der Waals surface area contributed by atoms with Crippen LogP contribution in [0.4, 0.5) is 0 Å². The van der Waals surface area contributed by atoms with Crippen LogP contribution in [0.15, 0.2) is 24.3 Å². The average Bonchev–Trinajstić information content (AvgIpc) is 2.34. The van der Waals surface area contributed by atoms with Crippen molar-refractivity contribution in [1.82, 2.24) is 14.9 Å². The molecule has 1 atom stereocenters. The molecule has 1 rings (SSSR count). The first-order valence-electron chi connectivity index (χ1n) is 7.25. The van der Waals surface area contributed by atoms with Gasteiger partial charge in [-0.25, -0.2) is 13.1 Å². The Morgan fingerprint density at radius 3 is 2.52 bits per heavy atom. The molecule has 2 N–H and O–H groups in total. The Bertz CT molecular complexity index is 529. The molecule has 1 aromatic carbocycles. The largest absolute Gasteiger partial charge is 0.313 e. The minimum atomic E-state index is -3.31. The third-order valence-corrected chi connectivity index (χ3v) is 4.42. The average molecular weight is 313 g/mol. The summed E-state index contributed by atoms with van der Waals surface area (Å²) in [5, 5.41) is 3.24. The lowest BCUT2D eigenvalue weighted by Crippen LogP contribution is -2.40. The summed E-state index contributed by atoms with van der Waals surface area (Å²) < 4.78 is 27.1. The smallest absolute Gasteiger partial charge is 0.216 e. The molecule has 120 valence electrons. The molecule has 0 aliphatic rings. The van der Waals surface area contributed by atoms with Crippen LogP contribution in [-0.2, 0) is 22.3 Å². The molecule has 0 spiro atoms. The summed E-state index contributed by atoms with van der Waals surface area (Å²) in [5.41, 5.74) is 1.92. The second-order valence-electron chi connectivity index (χ2n) is 5.64. The minimum absolute atomic E-state index is 0.0186. The highest BCUT2D eigenvalue weighted by atomic mass is 32.2. The van der Waals surface area contributed by atoms with Gasteiger partial charge in [0, 0.05) is 19.1 Å². The number of rotatable bonds is 9. The van der Waals surface area contributed by atoms with Gasteiger partial charge in [0.15, 0.2) is 0 Å². The zero-order valence-electron chi connectivity index (χ0n) is 13.4. The standard InChI is InChI=1S/C15H27N3O2S/c1-5-16-10-14-7-6-8-15(9-14)12-21(19,20)17-13(2)11-18(3)4/h6-9,13,16-17H,5,10-12H2,1-4H3. The van der Waals surface area contributed by atoms with Crippen molar-refractivity contribution in [3.8, 4) is 0 Å². The zero-order valence-corrected chi connectivity index (χ0v) is 14.2. The van der Waals surface area contributed by atoms with Crippen LogP contribution in [0.25, 0.3) is 0 Å². The molecule has 0 saturated carbocycles. The molecule has 0 heterocycles. The first-order chi connectivity index (χ1) is 9.82. The Hall–Kier alpha value is -0.950. The van der Waals surface area contributed by atoms with E-state index in [1.165, 1.54) is 0 Å². The number of hydrogen-bond acceptors (Lipinski definition) is 4. The number of sulfonamides is 1. The molecule has 21 heavy (non-hydrogen) atoms. The van der Waals surface area contributed by atoms with Crippen LogP contribution in [-0.4, -0.2) is 46.5 Å². The van der Waals surface area contributed by atoms with Gasteiger partial charge >= 0.3 is 0 Å². The van der Waals surface area contributed by atoms with Crippen molar-refractivity contribution in [3.63, 3.8) is 0 Å². The van der Waals surface area contributed by atoms with Crippen molar-refractivity contribution in [2.75, 3.05) is 27.2 Å². The lowest BCUT2D eigenvalue weighted by molar-refractivity contribution is 0.370. The lowest BCUT2D eigenvalue weighted by atomic mass is 10.1. The quantitative estimate of drug-likeness (QED) is 0.718. The van der Waals surface area contributed by atoms with E-state index in [2.05, 4.69) is 10.0 Å². The molecular weight excluding hydrogens is 286 g/mol. The SMILES string of the molecule is CCNCc1cccc(CS(=O)(=O)NC(C)CN(C)C)c1. The van der Waals surface area contributed by atoms with Gasteiger partial charge in [-0.2, -0.15) is 0 Å². The Labute approximate surface area is 128 Å². The maximum Gasteiger partial charge on any atom is 0.216 e. The monoisotopic (exact) mass is 313 g/mol. The molecule has 0 aliphatic carbocycles. The number of benzene rings is 1. The molecule has 0 aliphatic heterocycles. The van der Waals surface area contributed by atoms with Crippen LogP contribution in [0.3, 0.4) is 0 Å². The Morgan fingerprint density at radius 2 is 1.90 bits per heavy atom. The summed E-state index contributed by atoms with van der Waals surface area (Å²) in [6.45, 7) is 6.25. The van der Waals surface area contributed by atoms with Gasteiger partial charge in [-0.05, 0) is 38.7 Å². The van der Waals surface area contributed by atoms with Crippen LogP contribution in [0.5, 0.6) is 0 Å². The van der Waals surface area contributed by atoms with E-state index in [9.17, 15) is 8.42 Å². The van der Waals surface area contributed by atoms with Crippen LogP contribution in [0, 0.1) is 0 Å². The molecule has 1 unspecified atom stereocenters. The fourth-order valence-corrected chi connectivity index (χ4v) is 3.64. The molecular formula is C15H27N3O2S. The van der Waals surface area contributed by atoms with E-state index in [4.69, 9.17) is 0 Å². The Morgan fingerprint density at radius 1 is 1.24 bits per heavy atom. The van der Waals surface area contributed by atoms with Gasteiger partial charge in [0.2, 0.25) is 10.0 Å². The van der Waals surface area contributed by atoms with Crippen molar-refractivity contribution in [2.45, 2.75) is 32.2 Å². The topological polar surface area (TPSA) is 61.4 Å². The first kappa shape index (κ1) is 18.1. The summed E-state index contributed by atoms with van der Waals surface area (Å²) in [6.07, 6.45) is 0. The van der Waals surface area contributed by atoms with Gasteiger partial charge in [0.25, 0.3) is 0 Å². The summed E-state index contributed by atoms with van der Waals surface area (Å²) in [6, 6.07) is 7.60. The second-order valence-corrected chi connectivity index (χ2v) is 7.39. The number of nitrogens with one attached hydrogen (secondary N) is 2. The van der Waals surface area contributed by atoms with E-state index in [0.717, 1.165) is 24.2 Å². The second kappa shape index (κ2) is 8.48. The van der Waals surface area contributed by atoms with Gasteiger partial charge in [0.05, 0.1) is 5.75 Å². The fourth-order valence-electron chi connectivity index (χ4n) is 2.25. The molecule has 0 fully saturated rings. The molecule has 0 amide bonds. The van der Waals surface area contributed by atoms with Crippen LogP contribution in [0.2, 0.25) is 0 Å². The molecule has 6 heteroatoms. The highest BCUT2D eigenvalue weighted by Gasteiger charge is 2.15. The summed E-state index contributed by atoms with van der Waals surface area (Å²) in [7, 11) is 0.537. The fraction of sp³-hybridized carbons (Fsp3) is 0.600. The molecule has 0 radical (unpaired) electrons. The third-order valence-electron chi connectivity index (χ3n) is 2.95. The number of likely N-dealkylation sites (N-methyl/N-ethyl adjacent to an activating group) is 1. The van der Waals surface area contributed by atoms with Crippen molar-refractivity contribution in [1.29, 1.82) is 0 Å². The lowest BCUT2D eigenvalue weighted by Gasteiger charge is -2.18. The molecule has 0 aromatic heterocycles. The third kappa shape index (κ3) is 7.57. The van der Waals surface area contributed by atoms with E-state index in [1.54, 1.807) is 0 Å². The predicted molar refractivity (Wildman–Crippen MR) is 87.6 cm³/mol. The van der Waals surface area contributed by atoms with Crippen molar-refractivity contribution >= 4 is 10.0 Å². The van der Waals surface area contributed by atoms with E-state index in [0.29, 0.717) is 6.54 Å². The molecule has 1 aromatic rings. The van der Waals surface area contributed by atoms with Gasteiger partial charge in [-0.3, -0.25) is 0 Å². The maximum absolute atomic E-state index is 12.2. The number of nitrogens with zero attached hydrogens (tertiary/aromatic N) is 1. The van der Waals surface area contributed by atoms with E-state index in [-0.39, 0.29) is 11.8 Å². The van der Waals surface area contributed by atoms with E-state index in [1.807, 2.05) is 57.1 Å². The van der Waals surface area contributed by atoms with Gasteiger partial charge in [-0.15, -0.1) is 0 Å². The first-order valence-corrected chi connectivity index (χ1v) is 8.91. The summed E-state index contributed by atoms with van der Waals surface area (Å²) in [4.78, 5) is 1.96. The van der Waals surface area contributed by atoms with Crippen LogP contribution in [0.1, 0.15) is 25.0 Å². The normalized spacial score (nSPS) is 13.6.